The predicted molar refractivity (Wildman–Crippen MR) is 85.9 cm³/mol. The number of nitrogens with zero attached hydrogens (tertiary/aromatic N) is 1. The first-order valence-electron chi connectivity index (χ1n) is 6.27. The van der Waals surface area contributed by atoms with E-state index in [2.05, 4.69) is 22.5 Å². The summed E-state index contributed by atoms with van der Waals surface area (Å²) in [5.74, 6) is 0. The van der Waals surface area contributed by atoms with Crippen molar-refractivity contribution in [1.82, 2.24) is 4.31 Å². The van der Waals surface area contributed by atoms with Gasteiger partial charge in [0.2, 0.25) is 10.0 Å². The quantitative estimate of drug-likeness (QED) is 0.821. The molecule has 0 saturated heterocycles. The molecule has 0 atom stereocenters. The standard InChI is InChI=1S/C14H21BrN2O2S/c1-5-8-17(14(2,3)4)20(18,19)13-7-6-11(10-16)9-12(13)15/h5-7,9H,1,8,10,16H2,2-4H3. The molecule has 0 aliphatic carbocycles. The van der Waals surface area contributed by atoms with Crippen LogP contribution in [0.4, 0.5) is 0 Å². The SMILES string of the molecule is C=CCN(C(C)(C)C)S(=O)(=O)c1ccc(CN)cc1Br. The zero-order valence-corrected chi connectivity index (χ0v) is 14.5. The molecular formula is C14H21BrN2O2S. The Hall–Kier alpha value is -0.690. The van der Waals surface area contributed by atoms with E-state index < -0.39 is 15.6 Å². The summed E-state index contributed by atoms with van der Waals surface area (Å²) in [5, 5.41) is 0. The van der Waals surface area contributed by atoms with Crippen molar-refractivity contribution in [3.05, 3.63) is 40.9 Å². The molecule has 0 radical (unpaired) electrons. The van der Waals surface area contributed by atoms with Crippen LogP contribution in [0.2, 0.25) is 0 Å². The summed E-state index contributed by atoms with van der Waals surface area (Å²) in [4.78, 5) is 0.242. The Morgan fingerprint density at radius 1 is 1.40 bits per heavy atom. The zero-order chi connectivity index (χ0) is 15.6. The molecule has 0 amide bonds. The molecule has 2 N–H and O–H groups in total. The van der Waals surface area contributed by atoms with E-state index in [9.17, 15) is 8.42 Å². The summed E-state index contributed by atoms with van der Waals surface area (Å²) in [7, 11) is -3.60. The lowest BCUT2D eigenvalue weighted by Crippen LogP contribution is -2.45. The van der Waals surface area contributed by atoms with Gasteiger partial charge in [-0.25, -0.2) is 8.42 Å². The highest BCUT2D eigenvalue weighted by Gasteiger charge is 2.34. The van der Waals surface area contributed by atoms with E-state index in [1.165, 1.54) is 4.31 Å². The zero-order valence-electron chi connectivity index (χ0n) is 12.1. The summed E-state index contributed by atoms with van der Waals surface area (Å²) < 4.78 is 27.6. The van der Waals surface area contributed by atoms with Gasteiger partial charge in [-0.15, -0.1) is 6.58 Å². The van der Waals surface area contributed by atoms with Crippen LogP contribution < -0.4 is 5.73 Å². The molecule has 0 spiro atoms. The molecule has 0 fully saturated rings. The molecule has 1 aromatic carbocycles. The van der Waals surface area contributed by atoms with Crippen molar-refractivity contribution in [1.29, 1.82) is 0 Å². The van der Waals surface area contributed by atoms with Crippen LogP contribution in [0.1, 0.15) is 26.3 Å². The average Bonchev–Trinajstić information content (AvgIpc) is 2.33. The van der Waals surface area contributed by atoms with Crippen LogP contribution in [0.3, 0.4) is 0 Å². The first-order valence-corrected chi connectivity index (χ1v) is 8.50. The maximum absolute atomic E-state index is 12.8. The fraction of sp³-hybridized carbons (Fsp3) is 0.429. The van der Waals surface area contributed by atoms with Gasteiger partial charge in [-0.3, -0.25) is 0 Å². The Balaban J connectivity index is 3.37. The molecular weight excluding hydrogens is 340 g/mol. The summed E-state index contributed by atoms with van der Waals surface area (Å²) in [6, 6.07) is 5.05. The maximum atomic E-state index is 12.8. The Bertz CT molecular complexity index is 592. The lowest BCUT2D eigenvalue weighted by molar-refractivity contribution is 0.269. The number of sulfonamides is 1. The van der Waals surface area contributed by atoms with Crippen molar-refractivity contribution >= 4 is 26.0 Å². The van der Waals surface area contributed by atoms with Crippen molar-refractivity contribution in [2.24, 2.45) is 5.73 Å². The third kappa shape index (κ3) is 3.69. The monoisotopic (exact) mass is 360 g/mol. The minimum atomic E-state index is -3.60. The van der Waals surface area contributed by atoms with Gasteiger partial charge in [0.1, 0.15) is 0 Å². The van der Waals surface area contributed by atoms with Gasteiger partial charge < -0.3 is 5.73 Å². The van der Waals surface area contributed by atoms with E-state index in [1.54, 1.807) is 24.3 Å². The van der Waals surface area contributed by atoms with Crippen LogP contribution in [0.25, 0.3) is 0 Å². The second-order valence-electron chi connectivity index (χ2n) is 5.46. The molecule has 4 nitrogen and oxygen atoms in total. The van der Waals surface area contributed by atoms with E-state index in [-0.39, 0.29) is 11.4 Å². The number of hydrogen-bond donors (Lipinski definition) is 1. The minimum Gasteiger partial charge on any atom is -0.326 e. The van der Waals surface area contributed by atoms with Crippen molar-refractivity contribution in [2.45, 2.75) is 37.8 Å². The topological polar surface area (TPSA) is 63.4 Å². The second-order valence-corrected chi connectivity index (χ2v) is 8.15. The number of halogens is 1. The fourth-order valence-corrected chi connectivity index (χ4v) is 4.69. The molecule has 20 heavy (non-hydrogen) atoms. The van der Waals surface area contributed by atoms with Gasteiger partial charge in [0.05, 0.1) is 4.90 Å². The molecule has 0 saturated carbocycles. The number of hydrogen-bond acceptors (Lipinski definition) is 3. The lowest BCUT2D eigenvalue weighted by atomic mass is 10.1. The smallest absolute Gasteiger partial charge is 0.244 e. The minimum absolute atomic E-state index is 0.242. The Labute approximate surface area is 129 Å². The van der Waals surface area contributed by atoms with Crippen LogP contribution in [-0.4, -0.2) is 24.8 Å². The molecule has 6 heteroatoms. The fourth-order valence-electron chi connectivity index (χ4n) is 1.85. The normalized spacial score (nSPS) is 12.7. The first-order chi connectivity index (χ1) is 9.14. The second kappa shape index (κ2) is 6.39. The van der Waals surface area contributed by atoms with E-state index in [4.69, 9.17) is 5.73 Å². The van der Waals surface area contributed by atoms with Gasteiger partial charge >= 0.3 is 0 Å². The largest absolute Gasteiger partial charge is 0.326 e. The van der Waals surface area contributed by atoms with Crippen LogP contribution in [0.15, 0.2) is 40.2 Å². The van der Waals surface area contributed by atoms with E-state index in [1.807, 2.05) is 20.8 Å². The summed E-state index contributed by atoms with van der Waals surface area (Å²) in [6.45, 7) is 9.84. The van der Waals surface area contributed by atoms with Gasteiger partial charge in [-0.2, -0.15) is 4.31 Å². The maximum Gasteiger partial charge on any atom is 0.244 e. The van der Waals surface area contributed by atoms with Gasteiger partial charge in [-0.1, -0.05) is 12.1 Å². The van der Waals surface area contributed by atoms with Crippen molar-refractivity contribution in [3.63, 3.8) is 0 Å². The van der Waals surface area contributed by atoms with Crippen molar-refractivity contribution in [3.8, 4) is 0 Å². The van der Waals surface area contributed by atoms with Gasteiger partial charge in [0.25, 0.3) is 0 Å². The van der Waals surface area contributed by atoms with Crippen LogP contribution in [-0.2, 0) is 16.6 Å². The molecule has 0 unspecified atom stereocenters. The average molecular weight is 361 g/mol. The number of nitrogens with two attached hydrogens (primary N) is 1. The number of rotatable bonds is 5. The highest BCUT2D eigenvalue weighted by molar-refractivity contribution is 9.10. The van der Waals surface area contributed by atoms with Crippen LogP contribution >= 0.6 is 15.9 Å². The summed E-state index contributed by atoms with van der Waals surface area (Å²) >= 11 is 3.32. The first kappa shape index (κ1) is 17.4. The number of benzene rings is 1. The third-order valence-electron chi connectivity index (χ3n) is 2.84. The predicted octanol–water partition coefficient (Wildman–Crippen LogP) is 2.88. The summed E-state index contributed by atoms with van der Waals surface area (Å²) in [5.41, 5.74) is 5.91. The molecule has 1 aromatic rings. The van der Waals surface area contributed by atoms with Crippen LogP contribution in [0, 0.1) is 0 Å². The molecule has 112 valence electrons. The van der Waals surface area contributed by atoms with E-state index in [0.717, 1.165) is 5.56 Å². The van der Waals surface area contributed by atoms with Crippen molar-refractivity contribution < 1.29 is 8.42 Å². The molecule has 0 aliphatic rings. The molecule has 0 aromatic heterocycles. The third-order valence-corrected chi connectivity index (χ3v) is 5.95. The lowest BCUT2D eigenvalue weighted by Gasteiger charge is -2.33. The Morgan fingerprint density at radius 3 is 2.40 bits per heavy atom. The van der Waals surface area contributed by atoms with Crippen molar-refractivity contribution in [2.75, 3.05) is 6.54 Å². The Kier molecular flexibility index (Phi) is 5.54. The van der Waals surface area contributed by atoms with Gasteiger partial charge in [-0.05, 0) is 54.4 Å². The Morgan fingerprint density at radius 2 is 2.00 bits per heavy atom. The molecule has 0 aliphatic heterocycles. The molecule has 1 rings (SSSR count). The highest BCUT2D eigenvalue weighted by atomic mass is 79.9. The van der Waals surface area contributed by atoms with E-state index >= 15 is 0 Å². The van der Waals surface area contributed by atoms with Gasteiger partial charge in [0.15, 0.2) is 0 Å². The molecule has 0 heterocycles. The summed E-state index contributed by atoms with van der Waals surface area (Å²) in [6.07, 6.45) is 1.59. The van der Waals surface area contributed by atoms with Crippen LogP contribution in [0.5, 0.6) is 0 Å². The van der Waals surface area contributed by atoms with Gasteiger partial charge in [0, 0.05) is 23.1 Å². The van der Waals surface area contributed by atoms with E-state index in [0.29, 0.717) is 11.0 Å². The highest BCUT2D eigenvalue weighted by Crippen LogP contribution is 2.30. The molecule has 0 bridgehead atoms.